The SMILES string of the molecule is CCOc1cccc(N(C)c2ncc(C(F)(F)F)c(OC(C)CC)n2)c1. The molecule has 1 aromatic heterocycles. The predicted octanol–water partition coefficient (Wildman–Crippen LogP) is 4.84. The fourth-order valence-corrected chi connectivity index (χ4v) is 2.14. The summed E-state index contributed by atoms with van der Waals surface area (Å²) in [5.74, 6) is 0.287. The number of hydrogen-bond acceptors (Lipinski definition) is 5. The van der Waals surface area contributed by atoms with E-state index in [0.29, 0.717) is 24.5 Å². The summed E-state index contributed by atoms with van der Waals surface area (Å²) in [7, 11) is 1.67. The molecule has 0 bridgehead atoms. The number of benzene rings is 1. The monoisotopic (exact) mass is 369 g/mol. The van der Waals surface area contributed by atoms with Gasteiger partial charge in [0, 0.05) is 25.0 Å². The minimum absolute atomic E-state index is 0.102. The van der Waals surface area contributed by atoms with Gasteiger partial charge in [-0.3, -0.25) is 0 Å². The van der Waals surface area contributed by atoms with E-state index in [4.69, 9.17) is 9.47 Å². The second kappa shape index (κ2) is 8.25. The zero-order valence-electron chi connectivity index (χ0n) is 15.2. The quantitative estimate of drug-likeness (QED) is 0.699. The zero-order valence-corrected chi connectivity index (χ0v) is 15.2. The van der Waals surface area contributed by atoms with Crippen molar-refractivity contribution >= 4 is 11.6 Å². The Balaban J connectivity index is 2.39. The van der Waals surface area contributed by atoms with Gasteiger partial charge in [-0.2, -0.15) is 18.2 Å². The average Bonchev–Trinajstić information content (AvgIpc) is 2.60. The van der Waals surface area contributed by atoms with Gasteiger partial charge in [0.25, 0.3) is 0 Å². The third-order valence-electron chi connectivity index (χ3n) is 3.75. The van der Waals surface area contributed by atoms with E-state index < -0.39 is 23.7 Å². The van der Waals surface area contributed by atoms with E-state index in [9.17, 15) is 13.2 Å². The number of halogens is 3. The Kier molecular flexibility index (Phi) is 6.28. The van der Waals surface area contributed by atoms with Crippen molar-refractivity contribution in [2.45, 2.75) is 39.5 Å². The molecule has 1 aromatic carbocycles. The van der Waals surface area contributed by atoms with Gasteiger partial charge in [0.05, 0.1) is 12.7 Å². The molecule has 0 amide bonds. The maximum Gasteiger partial charge on any atom is 0.423 e. The van der Waals surface area contributed by atoms with Gasteiger partial charge >= 0.3 is 6.18 Å². The summed E-state index contributed by atoms with van der Waals surface area (Å²) >= 11 is 0. The minimum Gasteiger partial charge on any atom is -0.494 e. The molecule has 1 atom stereocenters. The van der Waals surface area contributed by atoms with Crippen LogP contribution in [0.1, 0.15) is 32.8 Å². The molecule has 8 heteroatoms. The largest absolute Gasteiger partial charge is 0.494 e. The molecule has 1 heterocycles. The molecule has 5 nitrogen and oxygen atoms in total. The maximum absolute atomic E-state index is 13.2. The van der Waals surface area contributed by atoms with Crippen LogP contribution in [0.5, 0.6) is 11.6 Å². The van der Waals surface area contributed by atoms with Crippen LogP contribution in [0.25, 0.3) is 0 Å². The molecule has 0 N–H and O–H groups in total. The van der Waals surface area contributed by atoms with E-state index in [1.54, 1.807) is 43.1 Å². The van der Waals surface area contributed by atoms with E-state index in [0.717, 1.165) is 6.20 Å². The van der Waals surface area contributed by atoms with Crippen LogP contribution in [0.2, 0.25) is 0 Å². The molecule has 0 aliphatic rings. The number of hydrogen-bond donors (Lipinski definition) is 0. The first kappa shape index (κ1) is 19.8. The van der Waals surface area contributed by atoms with Crippen molar-refractivity contribution in [1.82, 2.24) is 9.97 Å². The van der Waals surface area contributed by atoms with Crippen LogP contribution < -0.4 is 14.4 Å². The van der Waals surface area contributed by atoms with Gasteiger partial charge in [0.1, 0.15) is 11.3 Å². The molecule has 0 saturated carbocycles. The van der Waals surface area contributed by atoms with Gasteiger partial charge in [0.15, 0.2) is 0 Å². The van der Waals surface area contributed by atoms with E-state index in [-0.39, 0.29) is 5.95 Å². The molecular weight excluding hydrogens is 347 g/mol. The standard InChI is InChI=1S/C18H22F3N3O2/c1-5-12(3)26-16-15(18(19,20)21)11-22-17(23-16)24(4)13-8-7-9-14(10-13)25-6-2/h7-12H,5-6H2,1-4H3. The summed E-state index contributed by atoms with van der Waals surface area (Å²) in [5.41, 5.74) is -0.303. The molecule has 1 unspecified atom stereocenters. The lowest BCUT2D eigenvalue weighted by Crippen LogP contribution is -2.19. The van der Waals surface area contributed by atoms with Gasteiger partial charge in [-0.15, -0.1) is 0 Å². The van der Waals surface area contributed by atoms with Crippen LogP contribution in [-0.4, -0.2) is 29.7 Å². The Labute approximate surface area is 150 Å². The number of alkyl halides is 3. The van der Waals surface area contributed by atoms with Crippen LogP contribution >= 0.6 is 0 Å². The molecule has 2 rings (SSSR count). The number of aromatic nitrogens is 2. The topological polar surface area (TPSA) is 47.5 Å². The normalized spacial score (nSPS) is 12.6. The Morgan fingerprint density at radius 1 is 1.23 bits per heavy atom. The maximum atomic E-state index is 13.2. The molecule has 0 radical (unpaired) electrons. The lowest BCUT2D eigenvalue weighted by Gasteiger charge is -2.21. The highest BCUT2D eigenvalue weighted by Crippen LogP contribution is 2.36. The van der Waals surface area contributed by atoms with Crippen LogP contribution in [0.4, 0.5) is 24.8 Å². The molecule has 142 valence electrons. The third-order valence-corrected chi connectivity index (χ3v) is 3.75. The number of nitrogens with zero attached hydrogens (tertiary/aromatic N) is 3. The Bertz CT molecular complexity index is 738. The number of anilines is 2. The third kappa shape index (κ3) is 4.77. The van der Waals surface area contributed by atoms with Gasteiger partial charge in [0.2, 0.25) is 11.8 Å². The van der Waals surface area contributed by atoms with E-state index in [1.807, 2.05) is 13.8 Å². The van der Waals surface area contributed by atoms with Crippen molar-refractivity contribution in [3.8, 4) is 11.6 Å². The van der Waals surface area contributed by atoms with Crippen LogP contribution in [0.3, 0.4) is 0 Å². The highest BCUT2D eigenvalue weighted by Gasteiger charge is 2.37. The van der Waals surface area contributed by atoms with E-state index in [2.05, 4.69) is 9.97 Å². The molecule has 0 spiro atoms. The van der Waals surface area contributed by atoms with Gasteiger partial charge in [-0.25, -0.2) is 4.98 Å². The van der Waals surface area contributed by atoms with Crippen molar-refractivity contribution in [3.05, 3.63) is 36.0 Å². The first-order valence-corrected chi connectivity index (χ1v) is 8.33. The Morgan fingerprint density at radius 2 is 1.96 bits per heavy atom. The second-order valence-corrected chi connectivity index (χ2v) is 5.71. The first-order chi connectivity index (χ1) is 12.3. The first-order valence-electron chi connectivity index (χ1n) is 8.33. The second-order valence-electron chi connectivity index (χ2n) is 5.71. The molecule has 26 heavy (non-hydrogen) atoms. The van der Waals surface area contributed by atoms with Crippen LogP contribution in [0.15, 0.2) is 30.5 Å². The minimum atomic E-state index is -4.59. The fraction of sp³-hybridized carbons (Fsp3) is 0.444. The van der Waals surface area contributed by atoms with Crippen molar-refractivity contribution in [2.75, 3.05) is 18.6 Å². The van der Waals surface area contributed by atoms with Crippen molar-refractivity contribution < 1.29 is 22.6 Å². The Hall–Kier alpha value is -2.51. The number of ether oxygens (including phenoxy) is 2. The van der Waals surface area contributed by atoms with E-state index in [1.165, 1.54) is 0 Å². The molecule has 0 aliphatic carbocycles. The molecule has 0 fully saturated rings. The van der Waals surface area contributed by atoms with Crippen LogP contribution in [0, 0.1) is 0 Å². The van der Waals surface area contributed by atoms with Crippen molar-refractivity contribution in [2.24, 2.45) is 0 Å². The highest BCUT2D eigenvalue weighted by molar-refractivity contribution is 5.59. The summed E-state index contributed by atoms with van der Waals surface area (Å²) in [6, 6.07) is 7.14. The summed E-state index contributed by atoms with van der Waals surface area (Å²) < 4.78 is 50.5. The summed E-state index contributed by atoms with van der Waals surface area (Å²) in [5, 5.41) is 0. The molecule has 0 saturated heterocycles. The van der Waals surface area contributed by atoms with Gasteiger partial charge in [-0.05, 0) is 32.4 Å². The van der Waals surface area contributed by atoms with Gasteiger partial charge in [-0.1, -0.05) is 13.0 Å². The summed E-state index contributed by atoms with van der Waals surface area (Å²) in [4.78, 5) is 9.45. The molecule has 0 aliphatic heterocycles. The lowest BCUT2D eigenvalue weighted by molar-refractivity contribution is -0.139. The predicted molar refractivity (Wildman–Crippen MR) is 93.1 cm³/mol. The molecule has 2 aromatic rings. The fourth-order valence-electron chi connectivity index (χ4n) is 2.14. The van der Waals surface area contributed by atoms with Crippen molar-refractivity contribution in [3.63, 3.8) is 0 Å². The van der Waals surface area contributed by atoms with E-state index >= 15 is 0 Å². The number of rotatable bonds is 7. The Morgan fingerprint density at radius 3 is 2.58 bits per heavy atom. The van der Waals surface area contributed by atoms with Gasteiger partial charge < -0.3 is 14.4 Å². The van der Waals surface area contributed by atoms with Crippen molar-refractivity contribution in [1.29, 1.82) is 0 Å². The highest BCUT2D eigenvalue weighted by atomic mass is 19.4. The average molecular weight is 369 g/mol. The van der Waals surface area contributed by atoms with Crippen LogP contribution in [-0.2, 0) is 6.18 Å². The summed E-state index contributed by atoms with van der Waals surface area (Å²) in [6.07, 6.45) is -3.67. The zero-order chi connectivity index (χ0) is 19.3. The smallest absolute Gasteiger partial charge is 0.423 e. The lowest BCUT2D eigenvalue weighted by atomic mass is 10.2. The molecular formula is C18H22F3N3O2. The summed E-state index contributed by atoms with van der Waals surface area (Å²) in [6.45, 7) is 5.90.